The second kappa shape index (κ2) is 3.55. The van der Waals surface area contributed by atoms with Crippen LogP contribution in [-0.2, 0) is 0 Å². The lowest BCUT2D eigenvalue weighted by atomic mass is 9.94. The maximum atomic E-state index is 3.61. The summed E-state index contributed by atoms with van der Waals surface area (Å²) in [6.07, 6.45) is 3.95. The number of rotatable bonds is 3. The van der Waals surface area contributed by atoms with E-state index >= 15 is 0 Å². The summed E-state index contributed by atoms with van der Waals surface area (Å²) in [7, 11) is 4.30. The highest BCUT2D eigenvalue weighted by molar-refractivity contribution is 4.93. The van der Waals surface area contributed by atoms with Gasteiger partial charge in [0, 0.05) is 12.1 Å². The van der Waals surface area contributed by atoms with Crippen LogP contribution in [0.4, 0.5) is 0 Å². The summed E-state index contributed by atoms with van der Waals surface area (Å²) in [6, 6.07) is 0. The fourth-order valence-electron chi connectivity index (χ4n) is 2.02. The zero-order valence-corrected chi connectivity index (χ0v) is 7.98. The Bertz CT molecular complexity index is 115. The van der Waals surface area contributed by atoms with Gasteiger partial charge in [0.15, 0.2) is 0 Å². The van der Waals surface area contributed by atoms with E-state index in [0.717, 1.165) is 0 Å². The van der Waals surface area contributed by atoms with Gasteiger partial charge < -0.3 is 10.2 Å². The highest BCUT2D eigenvalue weighted by Crippen LogP contribution is 2.23. The van der Waals surface area contributed by atoms with Crippen LogP contribution in [0.15, 0.2) is 0 Å². The predicted molar refractivity (Wildman–Crippen MR) is 48.8 cm³/mol. The first kappa shape index (κ1) is 9.01. The van der Waals surface area contributed by atoms with Crippen LogP contribution in [0.3, 0.4) is 0 Å². The van der Waals surface area contributed by atoms with Crippen LogP contribution in [0.1, 0.15) is 26.2 Å². The number of likely N-dealkylation sites (N-methyl/N-ethyl adjacent to an activating group) is 1. The van der Waals surface area contributed by atoms with Crippen molar-refractivity contribution in [2.24, 2.45) is 0 Å². The Kier molecular flexibility index (Phi) is 2.90. The maximum absolute atomic E-state index is 3.61. The minimum Gasteiger partial charge on any atom is -0.310 e. The molecule has 0 amide bonds. The molecule has 0 bridgehead atoms. The molecule has 0 aromatic heterocycles. The molecule has 0 spiro atoms. The lowest BCUT2D eigenvalue weighted by Gasteiger charge is -2.31. The van der Waals surface area contributed by atoms with E-state index in [1.165, 1.54) is 32.4 Å². The Balaban J connectivity index is 2.45. The molecule has 1 fully saturated rings. The van der Waals surface area contributed by atoms with Crippen molar-refractivity contribution in [3.63, 3.8) is 0 Å². The van der Waals surface area contributed by atoms with Gasteiger partial charge in [0.05, 0.1) is 0 Å². The zero-order valence-electron chi connectivity index (χ0n) is 7.98. The van der Waals surface area contributed by atoms with Crippen LogP contribution < -0.4 is 5.32 Å². The van der Waals surface area contributed by atoms with Gasteiger partial charge in [-0.05, 0) is 39.9 Å². The second-order valence-corrected chi connectivity index (χ2v) is 3.90. The topological polar surface area (TPSA) is 15.3 Å². The van der Waals surface area contributed by atoms with E-state index in [1.807, 2.05) is 0 Å². The van der Waals surface area contributed by atoms with Crippen LogP contribution in [0.2, 0.25) is 0 Å². The van der Waals surface area contributed by atoms with Gasteiger partial charge in [0.1, 0.15) is 0 Å². The summed E-state index contributed by atoms with van der Waals surface area (Å²) in [5.41, 5.74) is 0.434. The van der Waals surface area contributed by atoms with E-state index in [1.54, 1.807) is 0 Å². The standard InChI is InChI=1S/C9H20N2/c1-4-9(8-11(2)3)6-5-7-10-9/h10H,4-8H2,1-3H3. The highest BCUT2D eigenvalue weighted by atomic mass is 15.1. The van der Waals surface area contributed by atoms with Crippen molar-refractivity contribution >= 4 is 0 Å². The molecule has 0 aliphatic carbocycles. The Morgan fingerprint density at radius 1 is 1.45 bits per heavy atom. The van der Waals surface area contributed by atoms with Crippen LogP contribution in [0.5, 0.6) is 0 Å². The molecule has 0 aromatic carbocycles. The molecule has 1 heterocycles. The highest BCUT2D eigenvalue weighted by Gasteiger charge is 2.31. The first-order valence-electron chi connectivity index (χ1n) is 4.58. The summed E-state index contributed by atoms with van der Waals surface area (Å²) in [5, 5.41) is 3.61. The zero-order chi connectivity index (χ0) is 8.32. The molecule has 0 saturated carbocycles. The Labute approximate surface area is 70.0 Å². The molecule has 0 aromatic rings. The molecule has 1 unspecified atom stereocenters. The number of hydrogen-bond acceptors (Lipinski definition) is 2. The van der Waals surface area contributed by atoms with Gasteiger partial charge in [0.2, 0.25) is 0 Å². The van der Waals surface area contributed by atoms with Crippen molar-refractivity contribution in [1.29, 1.82) is 0 Å². The summed E-state index contributed by atoms with van der Waals surface area (Å²) in [6.45, 7) is 4.67. The molecular weight excluding hydrogens is 136 g/mol. The molecule has 1 aliphatic heterocycles. The third-order valence-corrected chi connectivity index (χ3v) is 2.63. The molecule has 1 saturated heterocycles. The molecule has 1 aliphatic rings. The van der Waals surface area contributed by atoms with Gasteiger partial charge >= 0.3 is 0 Å². The van der Waals surface area contributed by atoms with Crippen molar-refractivity contribution < 1.29 is 0 Å². The molecule has 66 valence electrons. The minimum absolute atomic E-state index is 0.434. The first-order chi connectivity index (χ1) is 5.18. The van der Waals surface area contributed by atoms with Crippen molar-refractivity contribution in [1.82, 2.24) is 10.2 Å². The SMILES string of the molecule is CCC1(CN(C)C)CCCN1. The fraction of sp³-hybridized carbons (Fsp3) is 1.00. The van der Waals surface area contributed by atoms with E-state index < -0.39 is 0 Å². The van der Waals surface area contributed by atoms with Gasteiger partial charge in [-0.3, -0.25) is 0 Å². The molecule has 1 atom stereocenters. The van der Waals surface area contributed by atoms with Gasteiger partial charge in [-0.1, -0.05) is 6.92 Å². The molecule has 0 radical (unpaired) electrons. The predicted octanol–water partition coefficient (Wildman–Crippen LogP) is 1.08. The lowest BCUT2D eigenvalue weighted by Crippen LogP contribution is -2.47. The Morgan fingerprint density at radius 3 is 2.55 bits per heavy atom. The monoisotopic (exact) mass is 156 g/mol. The first-order valence-corrected chi connectivity index (χ1v) is 4.58. The van der Waals surface area contributed by atoms with Crippen molar-refractivity contribution in [3.05, 3.63) is 0 Å². The third kappa shape index (κ3) is 2.17. The van der Waals surface area contributed by atoms with Crippen molar-refractivity contribution in [2.45, 2.75) is 31.7 Å². The second-order valence-electron chi connectivity index (χ2n) is 3.90. The fourth-order valence-corrected chi connectivity index (χ4v) is 2.02. The van der Waals surface area contributed by atoms with Crippen molar-refractivity contribution in [3.8, 4) is 0 Å². The van der Waals surface area contributed by atoms with Crippen LogP contribution in [-0.4, -0.2) is 37.6 Å². The molecule has 2 nitrogen and oxygen atoms in total. The normalized spacial score (nSPS) is 31.6. The van der Waals surface area contributed by atoms with Gasteiger partial charge in [0.25, 0.3) is 0 Å². The maximum Gasteiger partial charge on any atom is 0.0306 e. The Morgan fingerprint density at radius 2 is 2.18 bits per heavy atom. The quantitative estimate of drug-likeness (QED) is 0.658. The summed E-state index contributed by atoms with van der Waals surface area (Å²) < 4.78 is 0. The number of hydrogen-bond donors (Lipinski definition) is 1. The Hall–Kier alpha value is -0.0800. The molecular formula is C9H20N2. The largest absolute Gasteiger partial charge is 0.310 e. The summed E-state index contributed by atoms with van der Waals surface area (Å²) >= 11 is 0. The van der Waals surface area contributed by atoms with Crippen LogP contribution in [0, 0.1) is 0 Å². The number of nitrogens with zero attached hydrogens (tertiary/aromatic N) is 1. The molecule has 1 N–H and O–H groups in total. The third-order valence-electron chi connectivity index (χ3n) is 2.63. The average molecular weight is 156 g/mol. The smallest absolute Gasteiger partial charge is 0.0306 e. The van der Waals surface area contributed by atoms with Crippen molar-refractivity contribution in [2.75, 3.05) is 27.2 Å². The molecule has 1 rings (SSSR count). The molecule has 11 heavy (non-hydrogen) atoms. The summed E-state index contributed by atoms with van der Waals surface area (Å²) in [4.78, 5) is 2.28. The lowest BCUT2D eigenvalue weighted by molar-refractivity contribution is 0.250. The van der Waals surface area contributed by atoms with E-state index in [2.05, 4.69) is 31.2 Å². The van der Waals surface area contributed by atoms with Crippen LogP contribution >= 0.6 is 0 Å². The van der Waals surface area contributed by atoms with Crippen LogP contribution in [0.25, 0.3) is 0 Å². The van der Waals surface area contributed by atoms with E-state index in [9.17, 15) is 0 Å². The van der Waals surface area contributed by atoms with Gasteiger partial charge in [-0.15, -0.1) is 0 Å². The van der Waals surface area contributed by atoms with Gasteiger partial charge in [-0.25, -0.2) is 0 Å². The average Bonchev–Trinajstić information content (AvgIpc) is 2.36. The van der Waals surface area contributed by atoms with E-state index in [0.29, 0.717) is 5.54 Å². The minimum atomic E-state index is 0.434. The van der Waals surface area contributed by atoms with Gasteiger partial charge in [-0.2, -0.15) is 0 Å². The van der Waals surface area contributed by atoms with E-state index in [-0.39, 0.29) is 0 Å². The molecule has 2 heteroatoms. The number of nitrogens with one attached hydrogen (secondary N) is 1. The van der Waals surface area contributed by atoms with E-state index in [4.69, 9.17) is 0 Å². The summed E-state index contributed by atoms with van der Waals surface area (Å²) in [5.74, 6) is 0.